The van der Waals surface area contributed by atoms with Gasteiger partial charge in [-0.2, -0.15) is 0 Å². The van der Waals surface area contributed by atoms with Crippen molar-refractivity contribution in [1.29, 1.82) is 0 Å². The summed E-state index contributed by atoms with van der Waals surface area (Å²) in [5, 5.41) is 3.44. The summed E-state index contributed by atoms with van der Waals surface area (Å²) in [6, 6.07) is 6.48. The van der Waals surface area contributed by atoms with Gasteiger partial charge in [0.25, 0.3) is 0 Å². The molecule has 0 fully saturated rings. The number of nitrogens with zero attached hydrogens (tertiary/aromatic N) is 4. The second kappa shape index (κ2) is 6.01. The largest absolute Gasteiger partial charge is 0.302 e. The predicted molar refractivity (Wildman–Crippen MR) is 56.7 cm³/mol. The van der Waals surface area contributed by atoms with Gasteiger partial charge in [0.2, 0.25) is 0 Å². The Balaban J connectivity index is 2.43. The van der Waals surface area contributed by atoms with Crippen molar-refractivity contribution < 1.29 is 4.39 Å². The summed E-state index contributed by atoms with van der Waals surface area (Å²) >= 11 is 0. The molecule has 0 amide bonds. The van der Waals surface area contributed by atoms with E-state index >= 15 is 0 Å². The SMILES string of the molecule is CN(CCN=[N+]=[N-])Cc1cccc(F)c1. The average Bonchev–Trinajstić information content (AvgIpc) is 2.18. The van der Waals surface area contributed by atoms with Crippen LogP contribution in [0, 0.1) is 5.82 Å². The molecule has 0 unspecified atom stereocenters. The van der Waals surface area contributed by atoms with E-state index in [1.54, 1.807) is 6.07 Å². The Bertz CT molecular complexity index is 360. The van der Waals surface area contributed by atoms with Crippen LogP contribution in [0.1, 0.15) is 5.56 Å². The summed E-state index contributed by atoms with van der Waals surface area (Å²) in [6.07, 6.45) is 0. The summed E-state index contributed by atoms with van der Waals surface area (Å²) in [7, 11) is 1.90. The zero-order valence-electron chi connectivity index (χ0n) is 8.60. The van der Waals surface area contributed by atoms with Crippen LogP contribution in [0.2, 0.25) is 0 Å². The second-order valence-corrected chi connectivity index (χ2v) is 3.32. The summed E-state index contributed by atoms with van der Waals surface area (Å²) in [5.74, 6) is -0.226. The molecular formula is C10H13FN4. The summed E-state index contributed by atoms with van der Waals surface area (Å²) in [6.45, 7) is 1.75. The zero-order chi connectivity index (χ0) is 11.1. The summed E-state index contributed by atoms with van der Waals surface area (Å²) in [5.41, 5.74) is 9.01. The molecule has 0 saturated carbocycles. The molecule has 0 aliphatic heterocycles. The minimum atomic E-state index is -0.226. The molecule has 0 N–H and O–H groups in total. The lowest BCUT2D eigenvalue weighted by atomic mass is 10.2. The molecule has 1 aromatic rings. The smallest absolute Gasteiger partial charge is 0.123 e. The molecule has 0 aliphatic rings. The van der Waals surface area contributed by atoms with Crippen LogP contribution in [0.15, 0.2) is 29.4 Å². The topological polar surface area (TPSA) is 52.0 Å². The number of hydrogen-bond donors (Lipinski definition) is 0. The van der Waals surface area contributed by atoms with E-state index in [1.807, 2.05) is 18.0 Å². The van der Waals surface area contributed by atoms with Gasteiger partial charge in [-0.15, -0.1) is 0 Å². The van der Waals surface area contributed by atoms with E-state index in [0.29, 0.717) is 19.6 Å². The molecule has 0 radical (unpaired) electrons. The molecule has 0 heterocycles. The number of rotatable bonds is 5. The highest BCUT2D eigenvalue weighted by atomic mass is 19.1. The fraction of sp³-hybridized carbons (Fsp3) is 0.400. The molecular weight excluding hydrogens is 195 g/mol. The monoisotopic (exact) mass is 208 g/mol. The minimum absolute atomic E-state index is 0.226. The van der Waals surface area contributed by atoms with Crippen LogP contribution in [0.4, 0.5) is 4.39 Å². The highest BCUT2D eigenvalue weighted by Crippen LogP contribution is 2.05. The van der Waals surface area contributed by atoms with Crippen molar-refractivity contribution >= 4 is 0 Å². The van der Waals surface area contributed by atoms with Gasteiger partial charge in [0.15, 0.2) is 0 Å². The molecule has 0 aromatic heterocycles. The lowest BCUT2D eigenvalue weighted by Gasteiger charge is -2.14. The van der Waals surface area contributed by atoms with Gasteiger partial charge in [-0.25, -0.2) is 4.39 Å². The quantitative estimate of drug-likeness (QED) is 0.417. The first kappa shape index (κ1) is 11.5. The van der Waals surface area contributed by atoms with Crippen LogP contribution in [-0.4, -0.2) is 25.0 Å². The lowest BCUT2D eigenvalue weighted by Crippen LogP contribution is -2.20. The van der Waals surface area contributed by atoms with Gasteiger partial charge >= 0.3 is 0 Å². The standard InChI is InChI=1S/C10H13FN4/c1-15(6-5-13-14-12)8-9-3-2-4-10(11)7-9/h2-4,7H,5-6,8H2,1H3. The first-order valence-corrected chi connectivity index (χ1v) is 4.66. The van der Waals surface area contributed by atoms with E-state index in [0.717, 1.165) is 5.56 Å². The van der Waals surface area contributed by atoms with Crippen molar-refractivity contribution in [3.8, 4) is 0 Å². The fourth-order valence-corrected chi connectivity index (χ4v) is 1.29. The van der Waals surface area contributed by atoms with Gasteiger partial charge in [-0.1, -0.05) is 17.2 Å². The molecule has 1 rings (SSSR count). The van der Waals surface area contributed by atoms with Gasteiger partial charge in [0, 0.05) is 24.5 Å². The Kier molecular flexibility index (Phi) is 4.60. The molecule has 0 saturated heterocycles. The third-order valence-electron chi connectivity index (χ3n) is 1.99. The Morgan fingerprint density at radius 1 is 1.53 bits per heavy atom. The van der Waals surface area contributed by atoms with Crippen LogP contribution >= 0.6 is 0 Å². The zero-order valence-corrected chi connectivity index (χ0v) is 8.60. The molecule has 0 bridgehead atoms. The second-order valence-electron chi connectivity index (χ2n) is 3.32. The predicted octanol–water partition coefficient (Wildman–Crippen LogP) is 2.57. The normalized spacial score (nSPS) is 10.1. The first-order valence-electron chi connectivity index (χ1n) is 4.66. The number of hydrogen-bond acceptors (Lipinski definition) is 2. The Hall–Kier alpha value is -1.58. The van der Waals surface area contributed by atoms with Gasteiger partial charge in [-0.3, -0.25) is 0 Å². The van der Waals surface area contributed by atoms with Crippen LogP contribution in [0.25, 0.3) is 10.4 Å². The van der Waals surface area contributed by atoms with Gasteiger partial charge in [0.1, 0.15) is 5.82 Å². The molecule has 0 aliphatic carbocycles. The number of halogens is 1. The van der Waals surface area contributed by atoms with Crippen LogP contribution < -0.4 is 0 Å². The Labute approximate surface area is 88.0 Å². The van der Waals surface area contributed by atoms with Crippen molar-refractivity contribution in [2.24, 2.45) is 5.11 Å². The molecule has 15 heavy (non-hydrogen) atoms. The van der Waals surface area contributed by atoms with Gasteiger partial charge < -0.3 is 4.90 Å². The molecule has 4 nitrogen and oxygen atoms in total. The van der Waals surface area contributed by atoms with E-state index in [2.05, 4.69) is 10.0 Å². The van der Waals surface area contributed by atoms with Gasteiger partial charge in [-0.05, 0) is 30.3 Å². The number of benzene rings is 1. The van der Waals surface area contributed by atoms with Crippen molar-refractivity contribution in [3.63, 3.8) is 0 Å². The van der Waals surface area contributed by atoms with E-state index < -0.39 is 0 Å². The fourth-order valence-electron chi connectivity index (χ4n) is 1.29. The van der Waals surface area contributed by atoms with E-state index in [1.165, 1.54) is 12.1 Å². The van der Waals surface area contributed by atoms with Gasteiger partial charge in [0.05, 0.1) is 0 Å². The maximum Gasteiger partial charge on any atom is 0.123 e. The van der Waals surface area contributed by atoms with Crippen LogP contribution in [0.5, 0.6) is 0 Å². The van der Waals surface area contributed by atoms with E-state index in [9.17, 15) is 4.39 Å². The highest BCUT2D eigenvalue weighted by molar-refractivity contribution is 5.15. The third kappa shape index (κ3) is 4.44. The maximum atomic E-state index is 12.8. The number of likely N-dealkylation sites (N-methyl/N-ethyl adjacent to an activating group) is 1. The summed E-state index contributed by atoms with van der Waals surface area (Å²) < 4.78 is 12.8. The molecule has 0 spiro atoms. The van der Waals surface area contributed by atoms with Crippen molar-refractivity contribution in [2.75, 3.05) is 20.1 Å². The van der Waals surface area contributed by atoms with Crippen molar-refractivity contribution in [2.45, 2.75) is 6.54 Å². The summed E-state index contributed by atoms with van der Waals surface area (Å²) in [4.78, 5) is 4.64. The Morgan fingerprint density at radius 2 is 2.33 bits per heavy atom. The van der Waals surface area contributed by atoms with E-state index in [-0.39, 0.29) is 5.82 Å². The molecule has 5 heteroatoms. The van der Waals surface area contributed by atoms with Crippen LogP contribution in [-0.2, 0) is 6.54 Å². The average molecular weight is 208 g/mol. The third-order valence-corrected chi connectivity index (χ3v) is 1.99. The minimum Gasteiger partial charge on any atom is -0.302 e. The molecule has 0 atom stereocenters. The first-order chi connectivity index (χ1) is 7.22. The molecule has 1 aromatic carbocycles. The number of azide groups is 1. The highest BCUT2D eigenvalue weighted by Gasteiger charge is 2.00. The van der Waals surface area contributed by atoms with Crippen molar-refractivity contribution in [1.82, 2.24) is 4.90 Å². The van der Waals surface area contributed by atoms with Crippen molar-refractivity contribution in [3.05, 3.63) is 46.1 Å². The maximum absolute atomic E-state index is 12.8. The van der Waals surface area contributed by atoms with E-state index in [4.69, 9.17) is 5.53 Å². The Morgan fingerprint density at radius 3 is 3.00 bits per heavy atom. The van der Waals surface area contributed by atoms with Crippen LogP contribution in [0.3, 0.4) is 0 Å². The lowest BCUT2D eigenvalue weighted by molar-refractivity contribution is 0.335. The molecule has 80 valence electrons.